The van der Waals surface area contributed by atoms with Crippen LogP contribution in [0.3, 0.4) is 0 Å². The van der Waals surface area contributed by atoms with Crippen LogP contribution >= 0.6 is 27.7 Å². The Hall–Kier alpha value is -2.17. The first-order valence-corrected chi connectivity index (χ1v) is 12.3. The van der Waals surface area contributed by atoms with Crippen LogP contribution in [-0.4, -0.2) is 42.1 Å². The summed E-state index contributed by atoms with van der Waals surface area (Å²) in [5.41, 5.74) is 1.59. The minimum atomic E-state index is -3.98. The summed E-state index contributed by atoms with van der Waals surface area (Å²) in [5, 5.41) is 2.15. The van der Waals surface area contributed by atoms with E-state index in [9.17, 15) is 18.0 Å². The van der Waals surface area contributed by atoms with Gasteiger partial charge in [0.15, 0.2) is 5.17 Å². The number of nitrogens with one attached hydrogen (secondary N) is 1. The van der Waals surface area contributed by atoms with Gasteiger partial charge in [0, 0.05) is 23.1 Å². The van der Waals surface area contributed by atoms with Gasteiger partial charge in [-0.05, 0) is 49.7 Å². The van der Waals surface area contributed by atoms with Crippen molar-refractivity contribution in [3.63, 3.8) is 0 Å². The number of aryl methyl sites for hydroxylation is 1. The zero-order valence-corrected chi connectivity index (χ0v) is 19.6. The van der Waals surface area contributed by atoms with Crippen LogP contribution in [0.5, 0.6) is 0 Å². The molecule has 158 valence electrons. The number of amidine groups is 1. The quantitative estimate of drug-likeness (QED) is 0.638. The van der Waals surface area contributed by atoms with Gasteiger partial charge < -0.3 is 5.32 Å². The third-order valence-corrected chi connectivity index (χ3v) is 7.54. The Bertz CT molecular complexity index is 1100. The van der Waals surface area contributed by atoms with Gasteiger partial charge in [0.2, 0.25) is 11.8 Å². The fourth-order valence-electron chi connectivity index (χ4n) is 2.85. The third-order valence-electron chi connectivity index (χ3n) is 4.44. The summed E-state index contributed by atoms with van der Waals surface area (Å²) in [4.78, 5) is 26.5. The van der Waals surface area contributed by atoms with Crippen molar-refractivity contribution < 1.29 is 18.0 Å². The molecule has 0 bridgehead atoms. The van der Waals surface area contributed by atoms with Crippen molar-refractivity contribution in [3.8, 4) is 0 Å². The smallest absolute Gasteiger partial charge is 0.284 e. The summed E-state index contributed by atoms with van der Waals surface area (Å²) in [5.74, 6) is -0.643. The zero-order valence-electron chi connectivity index (χ0n) is 16.3. The number of carbonyl (C=O) groups excluding carboxylic acids is 2. The first-order chi connectivity index (χ1) is 14.2. The Morgan fingerprint density at radius 2 is 1.87 bits per heavy atom. The number of carbonyl (C=O) groups is 2. The number of nitrogens with zero attached hydrogens (tertiary/aromatic N) is 2. The van der Waals surface area contributed by atoms with Crippen molar-refractivity contribution in [2.24, 2.45) is 4.40 Å². The molecule has 1 saturated heterocycles. The molecular formula is C20H20BrN3O4S2. The maximum absolute atomic E-state index is 12.7. The molecule has 1 aliphatic heterocycles. The average molecular weight is 510 g/mol. The number of halogens is 1. The first-order valence-electron chi connectivity index (χ1n) is 9.15. The summed E-state index contributed by atoms with van der Waals surface area (Å²) in [6, 6.07) is 13.4. The van der Waals surface area contributed by atoms with Gasteiger partial charge in [0.25, 0.3) is 10.0 Å². The highest BCUT2D eigenvalue weighted by atomic mass is 79.9. The molecule has 1 fully saturated rings. The minimum Gasteiger partial charge on any atom is -0.326 e. The average Bonchev–Trinajstić information content (AvgIpc) is 2.97. The van der Waals surface area contributed by atoms with E-state index < -0.39 is 15.3 Å². The van der Waals surface area contributed by atoms with Crippen LogP contribution in [0.15, 0.2) is 62.3 Å². The number of hydrogen-bond donors (Lipinski definition) is 1. The van der Waals surface area contributed by atoms with Crippen molar-refractivity contribution in [1.82, 2.24) is 4.90 Å². The number of hydrogen-bond acceptors (Lipinski definition) is 5. The summed E-state index contributed by atoms with van der Waals surface area (Å²) >= 11 is 4.26. The lowest BCUT2D eigenvalue weighted by molar-refractivity contribution is -0.128. The lowest BCUT2D eigenvalue weighted by Gasteiger charge is -2.13. The van der Waals surface area contributed by atoms with E-state index in [4.69, 9.17) is 0 Å². The van der Waals surface area contributed by atoms with Gasteiger partial charge in [0.05, 0.1) is 4.90 Å². The summed E-state index contributed by atoms with van der Waals surface area (Å²) in [6.45, 7) is 3.87. The Kier molecular flexibility index (Phi) is 6.99. The van der Waals surface area contributed by atoms with E-state index in [1.54, 1.807) is 25.1 Å². The Morgan fingerprint density at radius 1 is 1.20 bits per heavy atom. The van der Waals surface area contributed by atoms with Gasteiger partial charge in [-0.2, -0.15) is 8.42 Å². The van der Waals surface area contributed by atoms with Crippen LogP contribution in [0.4, 0.5) is 5.69 Å². The molecule has 0 saturated carbocycles. The molecule has 1 N–H and O–H groups in total. The number of para-hydroxylation sites is 1. The summed E-state index contributed by atoms with van der Waals surface area (Å²) in [6.07, 6.45) is -0.0777. The molecule has 2 aromatic carbocycles. The van der Waals surface area contributed by atoms with Crippen LogP contribution in [-0.2, 0) is 19.6 Å². The van der Waals surface area contributed by atoms with Crippen molar-refractivity contribution in [3.05, 3.63) is 58.6 Å². The monoisotopic (exact) mass is 509 g/mol. The maximum Gasteiger partial charge on any atom is 0.284 e. The second kappa shape index (κ2) is 9.32. The molecule has 2 aromatic rings. The predicted molar refractivity (Wildman–Crippen MR) is 122 cm³/mol. The molecular weight excluding hydrogens is 490 g/mol. The van der Waals surface area contributed by atoms with Gasteiger partial charge in [-0.3, -0.25) is 14.5 Å². The van der Waals surface area contributed by atoms with Crippen LogP contribution in [0.1, 0.15) is 18.9 Å². The highest BCUT2D eigenvalue weighted by Crippen LogP contribution is 2.31. The van der Waals surface area contributed by atoms with Gasteiger partial charge in [-0.25, -0.2) is 0 Å². The standard InChI is InChI=1S/C20H20BrN3O4S2/c1-3-24-19(26)17(12-18(25)22-16-7-5-4-6-13(16)2)29-20(24)23-30(27,28)15-10-8-14(21)9-11-15/h4-11,17H,3,12H2,1-2H3,(H,22,25)/b23-20+. The molecule has 30 heavy (non-hydrogen) atoms. The zero-order chi connectivity index (χ0) is 21.9. The maximum atomic E-state index is 12.7. The van der Waals surface area contributed by atoms with Gasteiger partial charge >= 0.3 is 0 Å². The second-order valence-electron chi connectivity index (χ2n) is 6.56. The van der Waals surface area contributed by atoms with Crippen molar-refractivity contribution in [2.75, 3.05) is 11.9 Å². The van der Waals surface area contributed by atoms with Gasteiger partial charge in [-0.15, -0.1) is 4.40 Å². The van der Waals surface area contributed by atoms with Crippen molar-refractivity contribution in [1.29, 1.82) is 0 Å². The SMILES string of the molecule is CCN1C(=O)C(CC(=O)Nc2ccccc2C)S/C1=N/S(=O)(=O)c1ccc(Br)cc1. The molecule has 2 amide bonds. The molecule has 0 aromatic heterocycles. The molecule has 0 spiro atoms. The van der Waals surface area contributed by atoms with E-state index >= 15 is 0 Å². The van der Waals surface area contributed by atoms with Gasteiger partial charge in [-0.1, -0.05) is 45.9 Å². The highest BCUT2D eigenvalue weighted by Gasteiger charge is 2.39. The van der Waals surface area contributed by atoms with E-state index in [1.165, 1.54) is 17.0 Å². The van der Waals surface area contributed by atoms with E-state index in [0.29, 0.717) is 5.69 Å². The largest absolute Gasteiger partial charge is 0.326 e. The van der Waals surface area contributed by atoms with Crippen LogP contribution < -0.4 is 5.32 Å². The number of anilines is 1. The van der Waals surface area contributed by atoms with Crippen LogP contribution in [0, 0.1) is 6.92 Å². The Morgan fingerprint density at radius 3 is 2.50 bits per heavy atom. The number of rotatable bonds is 6. The minimum absolute atomic E-state index is 0.0306. The highest BCUT2D eigenvalue weighted by molar-refractivity contribution is 9.10. The number of thioether (sulfide) groups is 1. The lowest BCUT2D eigenvalue weighted by atomic mass is 10.2. The molecule has 1 aliphatic rings. The number of sulfonamides is 1. The number of benzene rings is 2. The second-order valence-corrected chi connectivity index (χ2v) is 10.2. The first kappa shape index (κ1) is 22.5. The Balaban J connectivity index is 1.77. The van der Waals surface area contributed by atoms with E-state index in [2.05, 4.69) is 25.6 Å². The van der Waals surface area contributed by atoms with E-state index in [0.717, 1.165) is 21.8 Å². The summed E-state index contributed by atoms with van der Waals surface area (Å²) in [7, 11) is -3.98. The molecule has 7 nitrogen and oxygen atoms in total. The molecule has 1 unspecified atom stereocenters. The van der Waals surface area contributed by atoms with E-state index in [1.807, 2.05) is 25.1 Å². The topological polar surface area (TPSA) is 95.9 Å². The van der Waals surface area contributed by atoms with Crippen molar-refractivity contribution >= 4 is 60.4 Å². The van der Waals surface area contributed by atoms with Crippen LogP contribution in [0.2, 0.25) is 0 Å². The molecule has 0 aliphatic carbocycles. The summed E-state index contributed by atoms with van der Waals surface area (Å²) < 4.78 is 29.9. The lowest BCUT2D eigenvalue weighted by Crippen LogP contribution is -2.33. The molecule has 1 heterocycles. The normalized spacial score (nSPS) is 18.1. The Labute approximate surface area is 188 Å². The fraction of sp³-hybridized carbons (Fsp3) is 0.250. The third kappa shape index (κ3) is 5.11. The predicted octanol–water partition coefficient (Wildman–Crippen LogP) is 3.79. The molecule has 10 heteroatoms. The van der Waals surface area contributed by atoms with Gasteiger partial charge in [0.1, 0.15) is 5.25 Å². The fourth-order valence-corrected chi connectivity index (χ4v) is 5.53. The van der Waals surface area contributed by atoms with Crippen molar-refractivity contribution in [2.45, 2.75) is 30.4 Å². The number of amides is 2. The molecule has 3 rings (SSSR count). The van der Waals surface area contributed by atoms with E-state index in [-0.39, 0.29) is 34.8 Å². The molecule has 1 atom stereocenters. The van der Waals surface area contributed by atoms with Crippen LogP contribution in [0.25, 0.3) is 0 Å². The molecule has 0 radical (unpaired) electrons.